The zero-order chi connectivity index (χ0) is 14.8. The summed E-state index contributed by atoms with van der Waals surface area (Å²) in [7, 11) is 0. The Morgan fingerprint density at radius 2 is 2.00 bits per heavy atom. The topological polar surface area (TPSA) is 35.2 Å². The number of ether oxygens (including phenoxy) is 1. The average Bonchev–Trinajstić information content (AvgIpc) is 2.39. The van der Waals surface area contributed by atoms with Gasteiger partial charge in [-0.1, -0.05) is 45.7 Å². The van der Waals surface area contributed by atoms with Gasteiger partial charge in [0.15, 0.2) is 0 Å². The maximum absolute atomic E-state index is 6.52. The Morgan fingerprint density at radius 3 is 2.65 bits per heavy atom. The van der Waals surface area contributed by atoms with Crippen LogP contribution in [0.4, 0.5) is 0 Å². The highest BCUT2D eigenvalue weighted by Gasteiger charge is 2.26. The van der Waals surface area contributed by atoms with Gasteiger partial charge < -0.3 is 10.5 Å². The van der Waals surface area contributed by atoms with Crippen molar-refractivity contribution in [2.45, 2.75) is 19.4 Å². The van der Waals surface area contributed by atoms with Crippen molar-refractivity contribution in [1.29, 1.82) is 0 Å². The maximum Gasteiger partial charge on any atom is 0.119 e. The SMILES string of the molecule is CCOc1cccc(C(C)(N)c2ccc(Br)cc2Cl)c1. The Morgan fingerprint density at radius 1 is 1.25 bits per heavy atom. The highest BCUT2D eigenvalue weighted by atomic mass is 79.9. The van der Waals surface area contributed by atoms with Crippen LogP contribution in [-0.2, 0) is 5.54 Å². The Balaban J connectivity index is 2.45. The number of hydrogen-bond donors (Lipinski definition) is 1. The minimum Gasteiger partial charge on any atom is -0.494 e. The molecule has 0 aliphatic heterocycles. The smallest absolute Gasteiger partial charge is 0.119 e. The van der Waals surface area contributed by atoms with Crippen molar-refractivity contribution in [2.75, 3.05) is 6.61 Å². The van der Waals surface area contributed by atoms with Crippen molar-refractivity contribution >= 4 is 27.5 Å². The van der Waals surface area contributed by atoms with Crippen LogP contribution in [-0.4, -0.2) is 6.61 Å². The lowest BCUT2D eigenvalue weighted by molar-refractivity contribution is 0.339. The summed E-state index contributed by atoms with van der Waals surface area (Å²) in [4.78, 5) is 0. The molecule has 1 atom stereocenters. The fraction of sp³-hybridized carbons (Fsp3) is 0.250. The first-order valence-electron chi connectivity index (χ1n) is 6.43. The molecule has 2 aromatic rings. The van der Waals surface area contributed by atoms with Gasteiger partial charge in [0.2, 0.25) is 0 Å². The number of nitrogens with two attached hydrogens (primary N) is 1. The molecule has 0 spiro atoms. The van der Waals surface area contributed by atoms with Gasteiger partial charge in [0.25, 0.3) is 0 Å². The summed E-state index contributed by atoms with van der Waals surface area (Å²) in [6.45, 7) is 4.54. The van der Waals surface area contributed by atoms with Crippen LogP contribution in [0.5, 0.6) is 5.75 Å². The van der Waals surface area contributed by atoms with E-state index >= 15 is 0 Å². The third-order valence-corrected chi connectivity index (χ3v) is 4.04. The zero-order valence-corrected chi connectivity index (χ0v) is 13.8. The van der Waals surface area contributed by atoms with E-state index in [0.29, 0.717) is 11.6 Å². The Bertz CT molecular complexity index is 613. The van der Waals surface area contributed by atoms with Gasteiger partial charge in [-0.25, -0.2) is 0 Å². The van der Waals surface area contributed by atoms with Gasteiger partial charge in [0.05, 0.1) is 12.1 Å². The highest BCUT2D eigenvalue weighted by Crippen LogP contribution is 2.34. The van der Waals surface area contributed by atoms with E-state index in [1.54, 1.807) is 0 Å². The van der Waals surface area contributed by atoms with Crippen molar-refractivity contribution < 1.29 is 4.74 Å². The lowest BCUT2D eigenvalue weighted by Crippen LogP contribution is -2.34. The summed E-state index contributed by atoms with van der Waals surface area (Å²) in [5.41, 5.74) is 7.69. The third kappa shape index (κ3) is 3.17. The minimum atomic E-state index is -0.676. The van der Waals surface area contributed by atoms with Crippen LogP contribution in [0.15, 0.2) is 46.9 Å². The normalized spacial score (nSPS) is 13.8. The predicted octanol–water partition coefficient (Wildman–Crippen LogP) is 4.72. The molecule has 2 rings (SSSR count). The molecule has 106 valence electrons. The molecule has 4 heteroatoms. The van der Waals surface area contributed by atoms with E-state index in [-0.39, 0.29) is 0 Å². The van der Waals surface area contributed by atoms with E-state index in [1.807, 2.05) is 56.3 Å². The molecule has 2 nitrogen and oxygen atoms in total. The summed E-state index contributed by atoms with van der Waals surface area (Å²) in [5, 5.41) is 0.645. The van der Waals surface area contributed by atoms with E-state index in [9.17, 15) is 0 Å². The van der Waals surface area contributed by atoms with E-state index in [2.05, 4.69) is 15.9 Å². The summed E-state index contributed by atoms with van der Waals surface area (Å²) < 4.78 is 6.47. The van der Waals surface area contributed by atoms with E-state index in [4.69, 9.17) is 22.1 Å². The molecule has 0 amide bonds. The fourth-order valence-corrected chi connectivity index (χ4v) is 3.01. The first-order valence-corrected chi connectivity index (χ1v) is 7.60. The lowest BCUT2D eigenvalue weighted by atomic mass is 9.85. The second kappa shape index (κ2) is 6.17. The van der Waals surface area contributed by atoms with Crippen molar-refractivity contribution in [2.24, 2.45) is 5.73 Å². The van der Waals surface area contributed by atoms with Crippen molar-refractivity contribution in [3.8, 4) is 5.75 Å². The molecule has 0 aromatic heterocycles. The van der Waals surface area contributed by atoms with Crippen LogP contribution in [0, 0.1) is 0 Å². The number of hydrogen-bond acceptors (Lipinski definition) is 2. The maximum atomic E-state index is 6.52. The quantitative estimate of drug-likeness (QED) is 0.862. The minimum absolute atomic E-state index is 0.629. The summed E-state index contributed by atoms with van der Waals surface area (Å²) in [5.74, 6) is 0.815. The van der Waals surface area contributed by atoms with E-state index < -0.39 is 5.54 Å². The van der Waals surface area contributed by atoms with Crippen molar-refractivity contribution in [3.05, 3.63) is 63.1 Å². The molecule has 0 saturated carbocycles. The molecular formula is C16H17BrClNO. The van der Waals surface area contributed by atoms with Crippen molar-refractivity contribution in [3.63, 3.8) is 0 Å². The number of halogens is 2. The highest BCUT2D eigenvalue weighted by molar-refractivity contribution is 9.10. The van der Waals surface area contributed by atoms with Crippen LogP contribution in [0.2, 0.25) is 5.02 Å². The molecule has 20 heavy (non-hydrogen) atoms. The Kier molecular flexibility index (Phi) is 4.74. The summed E-state index contributed by atoms with van der Waals surface area (Å²) in [6.07, 6.45) is 0. The number of rotatable bonds is 4. The monoisotopic (exact) mass is 353 g/mol. The second-order valence-corrected chi connectivity index (χ2v) is 6.11. The van der Waals surface area contributed by atoms with Gasteiger partial charge in [-0.3, -0.25) is 0 Å². The molecule has 2 N–H and O–H groups in total. The Labute approximate surface area is 133 Å². The lowest BCUT2D eigenvalue weighted by Gasteiger charge is -2.27. The standard InChI is InChI=1S/C16H17BrClNO/c1-3-20-13-6-4-5-11(9-13)16(2,19)14-8-7-12(17)10-15(14)18/h4-10H,3,19H2,1-2H3. The third-order valence-electron chi connectivity index (χ3n) is 3.24. The van der Waals surface area contributed by atoms with Crippen molar-refractivity contribution in [1.82, 2.24) is 0 Å². The summed E-state index contributed by atoms with van der Waals surface area (Å²) >= 11 is 9.73. The van der Waals surface area contributed by atoms with Gasteiger partial charge >= 0.3 is 0 Å². The molecule has 0 heterocycles. The molecule has 2 aromatic carbocycles. The van der Waals surface area contributed by atoms with E-state index in [0.717, 1.165) is 21.3 Å². The van der Waals surface area contributed by atoms with E-state index in [1.165, 1.54) is 0 Å². The first-order chi connectivity index (χ1) is 9.45. The predicted molar refractivity (Wildman–Crippen MR) is 87.4 cm³/mol. The largest absolute Gasteiger partial charge is 0.494 e. The van der Waals surface area contributed by atoms with Gasteiger partial charge in [-0.2, -0.15) is 0 Å². The molecular weight excluding hydrogens is 338 g/mol. The van der Waals surface area contributed by atoms with Crippen LogP contribution >= 0.6 is 27.5 Å². The van der Waals surface area contributed by atoms with Gasteiger partial charge in [0, 0.05) is 9.50 Å². The van der Waals surface area contributed by atoms with Crippen LogP contribution in [0.1, 0.15) is 25.0 Å². The summed E-state index contributed by atoms with van der Waals surface area (Å²) in [6, 6.07) is 13.6. The fourth-order valence-electron chi connectivity index (χ4n) is 2.14. The molecule has 0 radical (unpaired) electrons. The first kappa shape index (κ1) is 15.4. The molecule has 0 aliphatic carbocycles. The average molecular weight is 355 g/mol. The van der Waals surface area contributed by atoms with Crippen LogP contribution in [0.3, 0.4) is 0 Å². The molecule has 0 aliphatic rings. The Hall–Kier alpha value is -1.03. The van der Waals surface area contributed by atoms with Gasteiger partial charge in [-0.05, 0) is 49.2 Å². The van der Waals surface area contributed by atoms with Gasteiger partial charge in [-0.15, -0.1) is 0 Å². The second-order valence-electron chi connectivity index (χ2n) is 4.79. The molecule has 0 saturated heterocycles. The van der Waals surface area contributed by atoms with Gasteiger partial charge in [0.1, 0.15) is 5.75 Å². The number of benzene rings is 2. The van der Waals surface area contributed by atoms with Crippen LogP contribution < -0.4 is 10.5 Å². The molecule has 1 unspecified atom stereocenters. The van der Waals surface area contributed by atoms with Crippen LogP contribution in [0.25, 0.3) is 0 Å². The molecule has 0 fully saturated rings. The zero-order valence-electron chi connectivity index (χ0n) is 11.5. The molecule has 0 bridgehead atoms.